The van der Waals surface area contributed by atoms with E-state index in [2.05, 4.69) is 0 Å². The molecule has 4 heteroatoms. The summed E-state index contributed by atoms with van der Waals surface area (Å²) < 4.78 is 0. The second-order valence-electron chi connectivity index (χ2n) is 0. The van der Waals surface area contributed by atoms with Gasteiger partial charge in [-0.2, -0.15) is 0 Å². The Morgan fingerprint density at radius 3 is 1.00 bits per heavy atom. The summed E-state index contributed by atoms with van der Waals surface area (Å²) in [5.41, 5.74) is 0. The van der Waals surface area contributed by atoms with Gasteiger partial charge in [0, 0.05) is 36.5 Å². The monoisotopic (exact) mass is 179 g/mol. The van der Waals surface area contributed by atoms with Crippen molar-refractivity contribution in [3.63, 3.8) is 0 Å². The minimum Gasteiger partial charge on any atom is -1.00 e. The molecule has 0 rings (SSSR count). The van der Waals surface area contributed by atoms with Crippen LogP contribution in [0.3, 0.4) is 0 Å². The molecule has 0 aromatic rings. The fourth-order valence-corrected chi connectivity index (χ4v) is 0. The molecule has 0 spiro atoms. The van der Waals surface area contributed by atoms with Crippen LogP contribution in [0.2, 0.25) is 0 Å². The first-order chi connectivity index (χ1) is 0. The summed E-state index contributed by atoms with van der Waals surface area (Å²) >= 11 is 0. The molecule has 0 saturated heterocycles. The Hall–Kier alpha value is 2.68. The van der Waals surface area contributed by atoms with Gasteiger partial charge in [0.15, 0.2) is 0 Å². The van der Waals surface area contributed by atoms with E-state index < -0.39 is 0 Å². The Morgan fingerprint density at radius 2 is 1.00 bits per heavy atom. The summed E-state index contributed by atoms with van der Waals surface area (Å²) in [6.07, 6.45) is 0. The molecule has 0 fully saturated rings. The molecule has 0 nitrogen and oxygen atoms in total. The van der Waals surface area contributed by atoms with Gasteiger partial charge < -0.3 is 5.71 Å². The zero-order valence-electron chi connectivity index (χ0n) is 6.42. The molecule has 4 heavy (non-hydrogen) atoms. The van der Waals surface area contributed by atoms with E-state index in [9.17, 15) is 0 Å². The molecular weight excluding hydrogens is 178 g/mol. The SMILES string of the molecule is [Cu].[H-].[H-].[H-].[H-].[Mg+2].[Mg+2].[Zn]. The average molecular weight is 182 g/mol. The zero-order valence-corrected chi connectivity index (χ0v) is 9.16. The summed E-state index contributed by atoms with van der Waals surface area (Å²) in [6, 6.07) is 0. The van der Waals surface area contributed by atoms with Crippen molar-refractivity contribution >= 4 is 46.1 Å². The van der Waals surface area contributed by atoms with Gasteiger partial charge in [0.2, 0.25) is 0 Å². The Balaban J connectivity index is 0. The van der Waals surface area contributed by atoms with Gasteiger partial charge in [-0.1, -0.05) is 0 Å². The standard InChI is InChI=1S/Cu.2Mg.Zn.4H/q;2*+2;;4*-1. The van der Waals surface area contributed by atoms with Crippen molar-refractivity contribution in [1.29, 1.82) is 0 Å². The first-order valence-corrected chi connectivity index (χ1v) is 0. The topological polar surface area (TPSA) is 0 Å². The summed E-state index contributed by atoms with van der Waals surface area (Å²) in [6.45, 7) is 0. The fraction of sp³-hybridized carbons (Fsp3) is 0. The zero-order chi connectivity index (χ0) is 0. The molecule has 0 aliphatic rings. The molecule has 0 aliphatic heterocycles. The van der Waals surface area contributed by atoms with Gasteiger partial charge in [0.05, 0.1) is 0 Å². The molecule has 0 heterocycles. The van der Waals surface area contributed by atoms with Crippen LogP contribution in [0.4, 0.5) is 0 Å². The second-order valence-corrected chi connectivity index (χ2v) is 0. The van der Waals surface area contributed by atoms with Gasteiger partial charge in [-0.05, 0) is 0 Å². The Kier molecular flexibility index (Phi) is 130. The Labute approximate surface area is 87.3 Å². The summed E-state index contributed by atoms with van der Waals surface area (Å²) in [5, 5.41) is 0. The van der Waals surface area contributed by atoms with Crippen LogP contribution in [0, 0.1) is 0 Å². The summed E-state index contributed by atoms with van der Waals surface area (Å²) in [7, 11) is 0. The van der Waals surface area contributed by atoms with Gasteiger partial charge in [0.1, 0.15) is 0 Å². The number of hydrogen-bond acceptors (Lipinski definition) is 0. The van der Waals surface area contributed by atoms with Crippen LogP contribution in [-0.4, -0.2) is 46.1 Å². The first-order valence-electron chi connectivity index (χ1n) is 0. The number of hydrogen-bond donors (Lipinski definition) is 0. The normalized spacial score (nSPS) is 0. The van der Waals surface area contributed by atoms with Gasteiger partial charge >= 0.3 is 46.1 Å². The number of rotatable bonds is 0. The maximum absolute atomic E-state index is 0. The smallest absolute Gasteiger partial charge is 1.00 e. The largest absolute Gasteiger partial charge is 2.00 e. The molecule has 0 saturated carbocycles. The van der Waals surface area contributed by atoms with Gasteiger partial charge in [-0.3, -0.25) is 0 Å². The van der Waals surface area contributed by atoms with E-state index in [1.807, 2.05) is 0 Å². The predicted octanol–water partition coefficient (Wildman–Crippen LogP) is -0.317. The van der Waals surface area contributed by atoms with Crippen molar-refractivity contribution in [2.75, 3.05) is 0 Å². The van der Waals surface area contributed by atoms with Crippen LogP contribution in [-0.2, 0) is 36.5 Å². The van der Waals surface area contributed by atoms with Crippen molar-refractivity contribution < 1.29 is 42.3 Å². The quantitative estimate of drug-likeness (QED) is 0.450. The average Bonchev–Trinajstić information content (AvgIpc) is 0. The van der Waals surface area contributed by atoms with Crippen molar-refractivity contribution in [2.24, 2.45) is 0 Å². The third kappa shape index (κ3) is 8.82. The maximum atomic E-state index is 0. The van der Waals surface area contributed by atoms with E-state index in [0.717, 1.165) is 0 Å². The molecule has 1 radical (unpaired) electrons. The van der Waals surface area contributed by atoms with Crippen LogP contribution in [0.1, 0.15) is 5.71 Å². The first kappa shape index (κ1) is 30.0. The van der Waals surface area contributed by atoms with Crippen molar-refractivity contribution in [1.82, 2.24) is 0 Å². The third-order valence-corrected chi connectivity index (χ3v) is 0. The minimum atomic E-state index is 0. The molecule has 0 N–H and O–H groups in total. The van der Waals surface area contributed by atoms with E-state index in [0.29, 0.717) is 0 Å². The molecule has 21 valence electrons. The summed E-state index contributed by atoms with van der Waals surface area (Å²) in [5.74, 6) is 0. The van der Waals surface area contributed by atoms with E-state index in [4.69, 9.17) is 0 Å². The van der Waals surface area contributed by atoms with Gasteiger partial charge in [0.25, 0.3) is 0 Å². The van der Waals surface area contributed by atoms with E-state index in [-0.39, 0.29) is 88.4 Å². The van der Waals surface area contributed by atoms with Crippen LogP contribution in [0.25, 0.3) is 0 Å². The van der Waals surface area contributed by atoms with E-state index >= 15 is 0 Å². The minimum absolute atomic E-state index is 0. The van der Waals surface area contributed by atoms with Crippen LogP contribution >= 0.6 is 0 Å². The van der Waals surface area contributed by atoms with Crippen molar-refractivity contribution in [3.05, 3.63) is 0 Å². The molecule has 0 atom stereocenters. The third-order valence-electron chi connectivity index (χ3n) is 0. The molecule has 0 aromatic carbocycles. The van der Waals surface area contributed by atoms with Crippen LogP contribution < -0.4 is 0 Å². The van der Waals surface area contributed by atoms with Crippen LogP contribution in [0.5, 0.6) is 0 Å². The fourth-order valence-electron chi connectivity index (χ4n) is 0. The van der Waals surface area contributed by atoms with Gasteiger partial charge in [-0.15, -0.1) is 0 Å². The van der Waals surface area contributed by atoms with Crippen LogP contribution in [0.15, 0.2) is 0 Å². The van der Waals surface area contributed by atoms with Crippen molar-refractivity contribution in [3.8, 4) is 0 Å². The molecule has 0 amide bonds. The second kappa shape index (κ2) is 17.3. The van der Waals surface area contributed by atoms with Gasteiger partial charge in [-0.25, -0.2) is 0 Å². The maximum Gasteiger partial charge on any atom is 2.00 e. The Morgan fingerprint density at radius 1 is 1.00 bits per heavy atom. The summed E-state index contributed by atoms with van der Waals surface area (Å²) in [4.78, 5) is 0. The van der Waals surface area contributed by atoms with E-state index in [1.165, 1.54) is 0 Å². The Bertz CT molecular complexity index is 14.0. The molecule has 0 bridgehead atoms. The van der Waals surface area contributed by atoms with Crippen molar-refractivity contribution in [2.45, 2.75) is 0 Å². The predicted molar refractivity (Wildman–Crippen MR) is 16.0 cm³/mol. The molecule has 0 aromatic heterocycles. The van der Waals surface area contributed by atoms with E-state index in [1.54, 1.807) is 0 Å². The molecule has 0 aliphatic carbocycles. The molecule has 0 unspecified atom stereocenters. The molecular formula is H4CuMg2Zn.